The SMILES string of the molecule is COc1ccc(C(=O)Nc2ccc(N)nc2)cc1S(=O)(=O)N1CCOCC1.Cl. The first-order chi connectivity index (χ1) is 12.9. The number of rotatable bonds is 5. The first-order valence-corrected chi connectivity index (χ1v) is 9.64. The highest BCUT2D eigenvalue weighted by molar-refractivity contribution is 7.89. The van der Waals surface area contributed by atoms with Crippen LogP contribution in [-0.4, -0.2) is 57.0 Å². The van der Waals surface area contributed by atoms with Crippen LogP contribution in [0.2, 0.25) is 0 Å². The van der Waals surface area contributed by atoms with Crippen LogP contribution in [0.3, 0.4) is 0 Å². The number of carbonyl (C=O) groups excluding carboxylic acids is 1. The lowest BCUT2D eigenvalue weighted by molar-refractivity contribution is 0.0729. The second-order valence-electron chi connectivity index (χ2n) is 5.81. The maximum atomic E-state index is 13.0. The van der Waals surface area contributed by atoms with Gasteiger partial charge in [0.2, 0.25) is 10.0 Å². The van der Waals surface area contributed by atoms with Gasteiger partial charge >= 0.3 is 0 Å². The number of aromatic nitrogens is 1. The van der Waals surface area contributed by atoms with E-state index in [2.05, 4.69) is 10.3 Å². The number of ether oxygens (including phenoxy) is 2. The predicted octanol–water partition coefficient (Wildman–Crippen LogP) is 1.37. The molecule has 0 saturated carbocycles. The van der Waals surface area contributed by atoms with Crippen molar-refractivity contribution in [3.8, 4) is 5.75 Å². The van der Waals surface area contributed by atoms with Crippen LogP contribution in [0.1, 0.15) is 10.4 Å². The molecule has 2 aromatic rings. The smallest absolute Gasteiger partial charge is 0.255 e. The van der Waals surface area contributed by atoms with Gasteiger partial charge in [-0.05, 0) is 30.3 Å². The number of benzene rings is 1. The number of methoxy groups -OCH3 is 1. The second-order valence-corrected chi connectivity index (χ2v) is 7.71. The topological polar surface area (TPSA) is 124 Å². The minimum absolute atomic E-state index is 0. The van der Waals surface area contributed by atoms with E-state index in [-0.39, 0.29) is 41.7 Å². The van der Waals surface area contributed by atoms with E-state index in [0.717, 1.165) is 0 Å². The average molecular weight is 429 g/mol. The first-order valence-electron chi connectivity index (χ1n) is 8.20. The number of halogens is 1. The normalized spacial score (nSPS) is 14.8. The quantitative estimate of drug-likeness (QED) is 0.736. The largest absolute Gasteiger partial charge is 0.495 e. The summed E-state index contributed by atoms with van der Waals surface area (Å²) in [6, 6.07) is 7.43. The van der Waals surface area contributed by atoms with Gasteiger partial charge in [0.25, 0.3) is 5.91 Å². The molecule has 1 amide bonds. The Morgan fingerprint density at radius 1 is 1.25 bits per heavy atom. The van der Waals surface area contributed by atoms with Gasteiger partial charge in [-0.2, -0.15) is 4.31 Å². The van der Waals surface area contributed by atoms with E-state index >= 15 is 0 Å². The Kier molecular flexibility index (Phi) is 7.19. The molecule has 1 aliphatic rings. The zero-order valence-electron chi connectivity index (χ0n) is 15.1. The molecule has 1 saturated heterocycles. The molecule has 0 bridgehead atoms. The molecular weight excluding hydrogens is 408 g/mol. The van der Waals surface area contributed by atoms with Gasteiger partial charge in [0.1, 0.15) is 16.5 Å². The third-order valence-corrected chi connectivity index (χ3v) is 5.98. The van der Waals surface area contributed by atoms with Crippen molar-refractivity contribution in [2.24, 2.45) is 0 Å². The number of hydrogen-bond acceptors (Lipinski definition) is 7. The van der Waals surface area contributed by atoms with Gasteiger partial charge in [-0.15, -0.1) is 12.4 Å². The highest BCUT2D eigenvalue weighted by Gasteiger charge is 2.30. The summed E-state index contributed by atoms with van der Waals surface area (Å²) in [6.07, 6.45) is 1.42. The second kappa shape index (κ2) is 9.20. The van der Waals surface area contributed by atoms with Crippen molar-refractivity contribution in [1.29, 1.82) is 0 Å². The van der Waals surface area contributed by atoms with Gasteiger partial charge in [0, 0.05) is 18.7 Å². The van der Waals surface area contributed by atoms with E-state index in [9.17, 15) is 13.2 Å². The highest BCUT2D eigenvalue weighted by Crippen LogP contribution is 2.28. The minimum Gasteiger partial charge on any atom is -0.495 e. The van der Waals surface area contributed by atoms with Gasteiger partial charge < -0.3 is 20.5 Å². The fraction of sp³-hybridized carbons (Fsp3) is 0.294. The summed E-state index contributed by atoms with van der Waals surface area (Å²) < 4.78 is 37.7. The fourth-order valence-electron chi connectivity index (χ4n) is 2.63. The first kappa shape index (κ1) is 21.9. The lowest BCUT2D eigenvalue weighted by atomic mass is 10.2. The maximum absolute atomic E-state index is 13.0. The minimum atomic E-state index is -3.82. The molecule has 0 unspecified atom stereocenters. The molecule has 0 atom stereocenters. The Bertz CT molecular complexity index is 931. The molecule has 28 heavy (non-hydrogen) atoms. The van der Waals surface area contributed by atoms with E-state index < -0.39 is 15.9 Å². The highest BCUT2D eigenvalue weighted by atomic mass is 35.5. The molecule has 3 N–H and O–H groups in total. The third-order valence-electron chi connectivity index (χ3n) is 4.06. The summed E-state index contributed by atoms with van der Waals surface area (Å²) in [5.74, 6) is 0.0335. The molecule has 1 aromatic heterocycles. The number of hydrogen-bond donors (Lipinski definition) is 2. The number of nitrogen functional groups attached to an aromatic ring is 1. The van der Waals surface area contributed by atoms with Gasteiger partial charge in [0.15, 0.2) is 0 Å². The monoisotopic (exact) mass is 428 g/mol. The Labute approximate surface area is 169 Å². The molecule has 9 nitrogen and oxygen atoms in total. The fourth-order valence-corrected chi connectivity index (χ4v) is 4.22. The van der Waals surface area contributed by atoms with Crippen molar-refractivity contribution in [3.63, 3.8) is 0 Å². The zero-order valence-corrected chi connectivity index (χ0v) is 16.8. The molecule has 2 heterocycles. The van der Waals surface area contributed by atoms with Crippen LogP contribution in [0, 0.1) is 0 Å². The van der Waals surface area contributed by atoms with Crippen LogP contribution in [0.5, 0.6) is 5.75 Å². The maximum Gasteiger partial charge on any atom is 0.255 e. The molecule has 0 spiro atoms. The molecular formula is C17H21ClN4O5S. The Balaban J connectivity index is 0.00000280. The van der Waals surface area contributed by atoms with Crippen LogP contribution >= 0.6 is 12.4 Å². The third kappa shape index (κ3) is 4.71. The lowest BCUT2D eigenvalue weighted by Crippen LogP contribution is -2.40. The molecule has 3 rings (SSSR count). The van der Waals surface area contributed by atoms with Crippen molar-refractivity contribution >= 4 is 39.8 Å². The summed E-state index contributed by atoms with van der Waals surface area (Å²) in [7, 11) is -2.44. The van der Waals surface area contributed by atoms with Crippen LogP contribution in [0.4, 0.5) is 11.5 Å². The number of nitrogens with zero attached hydrogens (tertiary/aromatic N) is 2. The number of nitrogens with two attached hydrogens (primary N) is 1. The Morgan fingerprint density at radius 3 is 2.57 bits per heavy atom. The van der Waals surface area contributed by atoms with Crippen molar-refractivity contribution in [2.75, 3.05) is 44.5 Å². The van der Waals surface area contributed by atoms with E-state index in [1.807, 2.05) is 0 Å². The summed E-state index contributed by atoms with van der Waals surface area (Å²) in [4.78, 5) is 16.4. The van der Waals surface area contributed by atoms with Crippen LogP contribution in [0.15, 0.2) is 41.4 Å². The van der Waals surface area contributed by atoms with E-state index in [0.29, 0.717) is 24.7 Å². The van der Waals surface area contributed by atoms with Crippen LogP contribution in [0.25, 0.3) is 0 Å². The average Bonchev–Trinajstić information content (AvgIpc) is 2.69. The standard InChI is InChI=1S/C17H20N4O5S.ClH/c1-25-14-4-2-12(17(22)20-13-3-5-16(18)19-11-13)10-15(14)27(23,24)21-6-8-26-9-7-21;/h2-5,10-11H,6-9H2,1H3,(H2,18,19)(H,20,22);1H. The number of anilines is 2. The van der Waals surface area contributed by atoms with Crippen LogP contribution < -0.4 is 15.8 Å². The van der Waals surface area contributed by atoms with E-state index in [1.54, 1.807) is 12.1 Å². The number of morpholine rings is 1. The lowest BCUT2D eigenvalue weighted by Gasteiger charge is -2.26. The van der Waals surface area contributed by atoms with Crippen molar-refractivity contribution in [1.82, 2.24) is 9.29 Å². The Morgan fingerprint density at radius 2 is 1.96 bits per heavy atom. The van der Waals surface area contributed by atoms with Crippen molar-refractivity contribution < 1.29 is 22.7 Å². The number of nitrogens with one attached hydrogen (secondary N) is 1. The number of pyridine rings is 1. The van der Waals surface area contributed by atoms with Gasteiger partial charge in [-0.1, -0.05) is 0 Å². The number of carbonyl (C=O) groups is 1. The Hall–Kier alpha value is -2.40. The van der Waals surface area contributed by atoms with Gasteiger partial charge in [0.05, 0.1) is 32.2 Å². The number of amides is 1. The van der Waals surface area contributed by atoms with Gasteiger partial charge in [-0.25, -0.2) is 13.4 Å². The van der Waals surface area contributed by atoms with Gasteiger partial charge in [-0.3, -0.25) is 4.79 Å². The van der Waals surface area contributed by atoms with Crippen molar-refractivity contribution in [2.45, 2.75) is 4.90 Å². The molecule has 152 valence electrons. The number of sulfonamides is 1. The molecule has 11 heteroatoms. The molecule has 1 aromatic carbocycles. The van der Waals surface area contributed by atoms with E-state index in [1.165, 1.54) is 35.8 Å². The van der Waals surface area contributed by atoms with Crippen molar-refractivity contribution in [3.05, 3.63) is 42.1 Å². The van der Waals surface area contributed by atoms with Crippen LogP contribution in [-0.2, 0) is 14.8 Å². The molecule has 1 aliphatic heterocycles. The summed E-state index contributed by atoms with van der Waals surface area (Å²) >= 11 is 0. The molecule has 0 radical (unpaired) electrons. The molecule has 0 aliphatic carbocycles. The zero-order chi connectivity index (χ0) is 19.4. The predicted molar refractivity (Wildman–Crippen MR) is 106 cm³/mol. The molecule has 1 fully saturated rings. The summed E-state index contributed by atoms with van der Waals surface area (Å²) in [6.45, 7) is 1.15. The summed E-state index contributed by atoms with van der Waals surface area (Å²) in [5.41, 5.74) is 6.15. The summed E-state index contributed by atoms with van der Waals surface area (Å²) in [5, 5.41) is 2.65. The van der Waals surface area contributed by atoms with E-state index in [4.69, 9.17) is 15.2 Å².